The lowest BCUT2D eigenvalue weighted by atomic mass is 9.86. The Balaban J connectivity index is 1.61. The molecule has 0 bridgehead atoms. The highest BCUT2D eigenvalue weighted by Gasteiger charge is 2.26. The number of carboxylic acids is 1. The van der Waals surface area contributed by atoms with Crippen molar-refractivity contribution in [2.45, 2.75) is 44.6 Å². The number of rotatable bonds is 4. The van der Waals surface area contributed by atoms with Gasteiger partial charge in [-0.1, -0.05) is 0 Å². The Morgan fingerprint density at radius 1 is 1.10 bits per heavy atom. The summed E-state index contributed by atoms with van der Waals surface area (Å²) in [6.07, 6.45) is 5.13. The molecule has 0 aromatic carbocycles. The van der Waals surface area contributed by atoms with Gasteiger partial charge in [0.05, 0.1) is 5.92 Å². The predicted octanol–water partition coefficient (Wildman–Crippen LogP) is 1.27. The number of amides is 2. The quantitative estimate of drug-likeness (QED) is 0.730. The van der Waals surface area contributed by atoms with E-state index in [9.17, 15) is 9.59 Å². The number of likely N-dealkylation sites (tertiary alicyclic amines) is 1. The van der Waals surface area contributed by atoms with Crippen molar-refractivity contribution in [2.75, 3.05) is 26.7 Å². The van der Waals surface area contributed by atoms with Crippen LogP contribution in [0.4, 0.5) is 4.79 Å². The molecule has 1 heterocycles. The average molecular weight is 297 g/mol. The lowest BCUT2D eigenvalue weighted by molar-refractivity contribution is -0.142. The topological polar surface area (TPSA) is 81.7 Å². The highest BCUT2D eigenvalue weighted by molar-refractivity contribution is 5.74. The third kappa shape index (κ3) is 5.19. The van der Waals surface area contributed by atoms with E-state index < -0.39 is 5.97 Å². The second-order valence-electron chi connectivity index (χ2n) is 6.49. The molecular weight excluding hydrogens is 270 g/mol. The zero-order valence-corrected chi connectivity index (χ0v) is 12.8. The lowest BCUT2D eigenvalue weighted by Gasteiger charge is -2.30. The monoisotopic (exact) mass is 297 g/mol. The van der Waals surface area contributed by atoms with E-state index in [0.29, 0.717) is 18.8 Å². The zero-order valence-electron chi connectivity index (χ0n) is 12.8. The molecule has 6 nitrogen and oxygen atoms in total. The SMILES string of the molecule is CN1CCC(CNC(=O)NC2CCC(C(=O)O)CC2)CC1. The van der Waals surface area contributed by atoms with Gasteiger partial charge in [-0.3, -0.25) is 4.79 Å². The summed E-state index contributed by atoms with van der Waals surface area (Å²) in [5.41, 5.74) is 0. The van der Waals surface area contributed by atoms with Crippen LogP contribution in [-0.2, 0) is 4.79 Å². The van der Waals surface area contributed by atoms with Crippen LogP contribution in [0.15, 0.2) is 0 Å². The van der Waals surface area contributed by atoms with Crippen molar-refractivity contribution in [3.8, 4) is 0 Å². The molecule has 1 saturated carbocycles. The minimum Gasteiger partial charge on any atom is -0.481 e. The van der Waals surface area contributed by atoms with Crippen molar-refractivity contribution < 1.29 is 14.7 Å². The van der Waals surface area contributed by atoms with E-state index >= 15 is 0 Å². The van der Waals surface area contributed by atoms with Crippen LogP contribution in [0.3, 0.4) is 0 Å². The van der Waals surface area contributed by atoms with E-state index in [0.717, 1.165) is 45.3 Å². The fraction of sp³-hybridized carbons (Fsp3) is 0.867. The van der Waals surface area contributed by atoms with Crippen molar-refractivity contribution in [2.24, 2.45) is 11.8 Å². The van der Waals surface area contributed by atoms with Crippen molar-refractivity contribution >= 4 is 12.0 Å². The summed E-state index contributed by atoms with van der Waals surface area (Å²) in [4.78, 5) is 25.1. The molecule has 2 rings (SSSR count). The lowest BCUT2D eigenvalue weighted by Crippen LogP contribution is -2.46. The molecule has 21 heavy (non-hydrogen) atoms. The molecule has 2 fully saturated rings. The van der Waals surface area contributed by atoms with E-state index in [1.165, 1.54) is 0 Å². The first-order valence-corrected chi connectivity index (χ1v) is 8.00. The molecule has 0 aromatic rings. The Morgan fingerprint density at radius 3 is 2.29 bits per heavy atom. The normalized spacial score (nSPS) is 28.0. The van der Waals surface area contributed by atoms with Crippen LogP contribution in [0, 0.1) is 11.8 Å². The molecule has 0 unspecified atom stereocenters. The van der Waals surface area contributed by atoms with E-state index in [1.54, 1.807) is 0 Å². The maximum absolute atomic E-state index is 11.9. The van der Waals surface area contributed by atoms with Gasteiger partial charge in [0.2, 0.25) is 0 Å². The fourth-order valence-electron chi connectivity index (χ4n) is 3.22. The Bertz CT molecular complexity index is 359. The van der Waals surface area contributed by atoms with Crippen molar-refractivity contribution in [3.05, 3.63) is 0 Å². The minimum absolute atomic E-state index is 0.104. The molecule has 0 aromatic heterocycles. The smallest absolute Gasteiger partial charge is 0.315 e. The van der Waals surface area contributed by atoms with Gasteiger partial charge in [-0.15, -0.1) is 0 Å². The number of hydrogen-bond acceptors (Lipinski definition) is 3. The first kappa shape index (κ1) is 16.1. The number of carboxylic acid groups (broad SMARTS) is 1. The Morgan fingerprint density at radius 2 is 1.71 bits per heavy atom. The summed E-state index contributed by atoms with van der Waals surface area (Å²) in [5, 5.41) is 14.9. The summed E-state index contributed by atoms with van der Waals surface area (Å²) in [6, 6.07) is 0.0193. The minimum atomic E-state index is -0.708. The number of piperidine rings is 1. The van der Waals surface area contributed by atoms with E-state index in [4.69, 9.17) is 5.11 Å². The van der Waals surface area contributed by atoms with Gasteiger partial charge in [-0.05, 0) is 64.6 Å². The molecule has 6 heteroatoms. The van der Waals surface area contributed by atoms with Gasteiger partial charge >= 0.3 is 12.0 Å². The number of aliphatic carboxylic acids is 1. The first-order chi connectivity index (χ1) is 10.0. The highest BCUT2D eigenvalue weighted by Crippen LogP contribution is 2.24. The van der Waals surface area contributed by atoms with Crippen LogP contribution in [0.25, 0.3) is 0 Å². The summed E-state index contributed by atoms with van der Waals surface area (Å²) >= 11 is 0. The van der Waals surface area contributed by atoms with Gasteiger partial charge in [0, 0.05) is 12.6 Å². The van der Waals surface area contributed by atoms with Crippen LogP contribution < -0.4 is 10.6 Å². The molecular formula is C15H27N3O3. The fourth-order valence-corrected chi connectivity index (χ4v) is 3.22. The van der Waals surface area contributed by atoms with Crippen molar-refractivity contribution in [1.82, 2.24) is 15.5 Å². The zero-order chi connectivity index (χ0) is 15.2. The largest absolute Gasteiger partial charge is 0.481 e. The van der Waals surface area contributed by atoms with Crippen molar-refractivity contribution in [1.29, 1.82) is 0 Å². The van der Waals surface area contributed by atoms with E-state index in [1.807, 2.05) is 0 Å². The number of urea groups is 1. The third-order valence-corrected chi connectivity index (χ3v) is 4.80. The number of carbonyl (C=O) groups excluding carboxylic acids is 1. The Kier molecular flexibility index (Phi) is 5.85. The summed E-state index contributed by atoms with van der Waals surface area (Å²) in [7, 11) is 2.13. The second-order valence-corrected chi connectivity index (χ2v) is 6.49. The molecule has 1 saturated heterocycles. The van der Waals surface area contributed by atoms with Gasteiger partial charge < -0.3 is 20.6 Å². The molecule has 0 radical (unpaired) electrons. The van der Waals surface area contributed by atoms with Crippen molar-refractivity contribution in [3.63, 3.8) is 0 Å². The molecule has 3 N–H and O–H groups in total. The maximum atomic E-state index is 11.9. The van der Waals surface area contributed by atoms with Crippen LogP contribution >= 0.6 is 0 Å². The Hall–Kier alpha value is -1.30. The van der Waals surface area contributed by atoms with Gasteiger partial charge in [-0.2, -0.15) is 0 Å². The van der Waals surface area contributed by atoms with Crippen LogP contribution in [-0.4, -0.2) is 54.7 Å². The number of carbonyl (C=O) groups is 2. The van der Waals surface area contributed by atoms with Gasteiger partial charge in [-0.25, -0.2) is 4.79 Å². The maximum Gasteiger partial charge on any atom is 0.315 e. The molecule has 2 aliphatic rings. The molecule has 2 amide bonds. The molecule has 120 valence electrons. The first-order valence-electron chi connectivity index (χ1n) is 8.00. The molecule has 1 aliphatic heterocycles. The molecule has 1 aliphatic carbocycles. The van der Waals surface area contributed by atoms with E-state index in [-0.39, 0.29) is 18.0 Å². The van der Waals surface area contributed by atoms with Crippen LogP contribution in [0.5, 0.6) is 0 Å². The van der Waals surface area contributed by atoms with Crippen LogP contribution in [0.1, 0.15) is 38.5 Å². The van der Waals surface area contributed by atoms with Crippen LogP contribution in [0.2, 0.25) is 0 Å². The summed E-state index contributed by atoms with van der Waals surface area (Å²) in [6.45, 7) is 2.95. The summed E-state index contributed by atoms with van der Waals surface area (Å²) in [5.74, 6) is -0.361. The summed E-state index contributed by atoms with van der Waals surface area (Å²) < 4.78 is 0. The van der Waals surface area contributed by atoms with Gasteiger partial charge in [0.15, 0.2) is 0 Å². The average Bonchev–Trinajstić information content (AvgIpc) is 2.47. The van der Waals surface area contributed by atoms with Gasteiger partial charge in [0.1, 0.15) is 0 Å². The van der Waals surface area contributed by atoms with Gasteiger partial charge in [0.25, 0.3) is 0 Å². The molecule has 0 atom stereocenters. The predicted molar refractivity (Wildman–Crippen MR) is 80.1 cm³/mol. The Labute approximate surface area is 126 Å². The van der Waals surface area contributed by atoms with E-state index in [2.05, 4.69) is 22.6 Å². The second kappa shape index (κ2) is 7.64. The highest BCUT2D eigenvalue weighted by atomic mass is 16.4. The standard InChI is InChI=1S/C15H27N3O3/c1-18-8-6-11(7-9-18)10-16-15(21)17-13-4-2-12(3-5-13)14(19)20/h11-13H,2-10H2,1H3,(H,19,20)(H2,16,17,21). The molecule has 0 spiro atoms. The number of nitrogens with zero attached hydrogens (tertiary/aromatic N) is 1. The third-order valence-electron chi connectivity index (χ3n) is 4.80. The number of hydrogen-bond donors (Lipinski definition) is 3. The number of nitrogens with one attached hydrogen (secondary N) is 2.